The average molecular weight is 233 g/mol. The second-order valence-electron chi connectivity index (χ2n) is 3.40. The van der Waals surface area contributed by atoms with Crippen LogP contribution in [0, 0.1) is 0 Å². The van der Waals surface area contributed by atoms with Crippen molar-refractivity contribution in [2.24, 2.45) is 0 Å². The Kier molecular flexibility index (Phi) is 3.56. The van der Waals surface area contributed by atoms with Gasteiger partial charge in [0.1, 0.15) is 0 Å². The second-order valence-corrected chi connectivity index (χ2v) is 6.16. The molecule has 4 heteroatoms. The second kappa shape index (κ2) is 4.32. The molecule has 0 heterocycles. The first-order valence-electron chi connectivity index (χ1n) is 4.32. The number of rotatable bonds is 3. The summed E-state index contributed by atoms with van der Waals surface area (Å²) in [7, 11) is -3.08. The fourth-order valence-corrected chi connectivity index (χ4v) is 2.01. The molecule has 0 fully saturated rings. The fraction of sp³-hybridized carbons (Fsp3) is 0.400. The summed E-state index contributed by atoms with van der Waals surface area (Å²) in [6, 6.07) is 6.83. The summed E-state index contributed by atoms with van der Waals surface area (Å²) in [6.45, 7) is 1.91. The quantitative estimate of drug-likeness (QED) is 0.750. The molecule has 0 saturated heterocycles. The van der Waals surface area contributed by atoms with Gasteiger partial charge in [0.2, 0.25) is 0 Å². The van der Waals surface area contributed by atoms with Crippen LogP contribution >= 0.6 is 11.6 Å². The number of halogens is 1. The van der Waals surface area contributed by atoms with Crippen molar-refractivity contribution >= 4 is 21.4 Å². The van der Waals surface area contributed by atoms with Gasteiger partial charge in [0.25, 0.3) is 0 Å². The third-order valence-electron chi connectivity index (χ3n) is 1.87. The molecule has 0 aliphatic heterocycles. The SMILES string of the molecule is CC(Cl)Cc1ccc(S(C)(=O)=O)cc1. The van der Waals surface area contributed by atoms with Crippen LogP contribution in [0.1, 0.15) is 12.5 Å². The van der Waals surface area contributed by atoms with Gasteiger partial charge in [-0.15, -0.1) is 11.6 Å². The van der Waals surface area contributed by atoms with Crippen molar-refractivity contribution in [1.29, 1.82) is 0 Å². The summed E-state index contributed by atoms with van der Waals surface area (Å²) < 4.78 is 22.3. The monoisotopic (exact) mass is 232 g/mol. The normalized spacial score (nSPS) is 13.9. The molecule has 0 aromatic heterocycles. The molecule has 1 unspecified atom stereocenters. The number of alkyl halides is 1. The highest BCUT2D eigenvalue weighted by Gasteiger charge is 2.06. The van der Waals surface area contributed by atoms with Crippen LogP contribution in [-0.2, 0) is 16.3 Å². The van der Waals surface area contributed by atoms with Gasteiger partial charge < -0.3 is 0 Å². The third kappa shape index (κ3) is 3.31. The van der Waals surface area contributed by atoms with Gasteiger partial charge >= 0.3 is 0 Å². The molecule has 0 aliphatic carbocycles. The van der Waals surface area contributed by atoms with Gasteiger partial charge in [-0.2, -0.15) is 0 Å². The zero-order valence-electron chi connectivity index (χ0n) is 8.20. The molecule has 1 aromatic rings. The predicted octanol–water partition coefficient (Wildman–Crippen LogP) is 2.26. The van der Waals surface area contributed by atoms with Crippen molar-refractivity contribution < 1.29 is 8.42 Å². The summed E-state index contributed by atoms with van der Waals surface area (Å²) in [5, 5.41) is 0.0686. The van der Waals surface area contributed by atoms with Crippen molar-refractivity contribution in [3.8, 4) is 0 Å². The molecule has 1 rings (SSSR count). The smallest absolute Gasteiger partial charge is 0.175 e. The van der Waals surface area contributed by atoms with Crippen LogP contribution in [0.15, 0.2) is 29.2 Å². The molecule has 1 atom stereocenters. The Morgan fingerprint density at radius 2 is 1.79 bits per heavy atom. The van der Waals surface area contributed by atoms with Crippen LogP contribution < -0.4 is 0 Å². The van der Waals surface area contributed by atoms with Crippen LogP contribution in [0.2, 0.25) is 0 Å². The largest absolute Gasteiger partial charge is 0.224 e. The Bertz CT molecular complexity index is 393. The van der Waals surface area contributed by atoms with E-state index in [1.54, 1.807) is 24.3 Å². The first-order chi connectivity index (χ1) is 6.39. The van der Waals surface area contributed by atoms with E-state index in [0.717, 1.165) is 12.0 Å². The Hall–Kier alpha value is -0.540. The molecular weight excluding hydrogens is 220 g/mol. The lowest BCUT2D eigenvalue weighted by Crippen LogP contribution is -1.99. The summed E-state index contributed by atoms with van der Waals surface area (Å²) in [5.74, 6) is 0. The van der Waals surface area contributed by atoms with E-state index in [1.165, 1.54) is 6.26 Å². The molecule has 14 heavy (non-hydrogen) atoms. The molecule has 0 radical (unpaired) electrons. The Balaban J connectivity index is 2.90. The molecule has 2 nitrogen and oxygen atoms in total. The molecule has 0 bridgehead atoms. The minimum Gasteiger partial charge on any atom is -0.224 e. The van der Waals surface area contributed by atoms with E-state index in [4.69, 9.17) is 11.6 Å². The van der Waals surface area contributed by atoms with Gasteiger partial charge in [0, 0.05) is 11.6 Å². The lowest BCUT2D eigenvalue weighted by atomic mass is 10.1. The molecule has 1 aromatic carbocycles. The highest BCUT2D eigenvalue weighted by Crippen LogP contribution is 2.13. The van der Waals surface area contributed by atoms with Crippen LogP contribution in [0.4, 0.5) is 0 Å². The van der Waals surface area contributed by atoms with Gasteiger partial charge in [-0.1, -0.05) is 12.1 Å². The number of sulfone groups is 1. The van der Waals surface area contributed by atoms with Crippen molar-refractivity contribution in [1.82, 2.24) is 0 Å². The maximum atomic E-state index is 11.1. The van der Waals surface area contributed by atoms with Crippen molar-refractivity contribution in [3.05, 3.63) is 29.8 Å². The van der Waals surface area contributed by atoms with Crippen LogP contribution in [0.3, 0.4) is 0 Å². The minimum absolute atomic E-state index is 0.0686. The highest BCUT2D eigenvalue weighted by atomic mass is 35.5. The number of hydrogen-bond acceptors (Lipinski definition) is 2. The highest BCUT2D eigenvalue weighted by molar-refractivity contribution is 7.90. The van der Waals surface area contributed by atoms with E-state index in [0.29, 0.717) is 4.90 Å². The maximum absolute atomic E-state index is 11.1. The number of benzene rings is 1. The van der Waals surface area contributed by atoms with Gasteiger partial charge in [-0.05, 0) is 31.0 Å². The fourth-order valence-electron chi connectivity index (χ4n) is 1.20. The van der Waals surface area contributed by atoms with E-state index >= 15 is 0 Å². The Morgan fingerprint density at radius 3 is 2.14 bits per heavy atom. The number of hydrogen-bond donors (Lipinski definition) is 0. The average Bonchev–Trinajstić information content (AvgIpc) is 2.02. The maximum Gasteiger partial charge on any atom is 0.175 e. The van der Waals surface area contributed by atoms with Crippen LogP contribution in [-0.4, -0.2) is 20.1 Å². The summed E-state index contributed by atoms with van der Waals surface area (Å²) in [4.78, 5) is 0.350. The topological polar surface area (TPSA) is 34.1 Å². The van der Waals surface area contributed by atoms with Crippen molar-refractivity contribution in [2.75, 3.05) is 6.26 Å². The first kappa shape index (κ1) is 11.5. The predicted molar refractivity (Wildman–Crippen MR) is 58.6 cm³/mol. The molecule has 0 N–H and O–H groups in total. The molecule has 0 spiro atoms. The van der Waals surface area contributed by atoms with Gasteiger partial charge in [0.15, 0.2) is 9.84 Å². The summed E-state index contributed by atoms with van der Waals surface area (Å²) in [5.41, 5.74) is 1.06. The molecule has 0 aliphatic rings. The Morgan fingerprint density at radius 1 is 1.29 bits per heavy atom. The lowest BCUT2D eigenvalue weighted by molar-refractivity contribution is 0.602. The lowest BCUT2D eigenvalue weighted by Gasteiger charge is -2.04. The van der Waals surface area contributed by atoms with Gasteiger partial charge in [0.05, 0.1) is 4.90 Å². The molecule has 0 saturated carbocycles. The first-order valence-corrected chi connectivity index (χ1v) is 6.65. The zero-order chi connectivity index (χ0) is 10.8. The molecule has 0 amide bonds. The van der Waals surface area contributed by atoms with E-state index in [9.17, 15) is 8.42 Å². The Labute approximate surface area is 89.8 Å². The van der Waals surface area contributed by atoms with E-state index in [1.807, 2.05) is 6.92 Å². The van der Waals surface area contributed by atoms with Gasteiger partial charge in [-0.3, -0.25) is 0 Å². The van der Waals surface area contributed by atoms with Crippen LogP contribution in [0.25, 0.3) is 0 Å². The van der Waals surface area contributed by atoms with Crippen LogP contribution in [0.5, 0.6) is 0 Å². The summed E-state index contributed by atoms with van der Waals surface area (Å²) in [6.07, 6.45) is 1.96. The zero-order valence-corrected chi connectivity index (χ0v) is 9.77. The van der Waals surface area contributed by atoms with E-state index in [-0.39, 0.29) is 5.38 Å². The van der Waals surface area contributed by atoms with Gasteiger partial charge in [-0.25, -0.2) is 8.42 Å². The molecular formula is C10H13ClO2S. The minimum atomic E-state index is -3.08. The van der Waals surface area contributed by atoms with E-state index < -0.39 is 9.84 Å². The standard InChI is InChI=1S/C10H13ClO2S/c1-8(11)7-9-3-5-10(6-4-9)14(2,12)13/h3-6,8H,7H2,1-2H3. The van der Waals surface area contributed by atoms with E-state index in [2.05, 4.69) is 0 Å². The van der Waals surface area contributed by atoms with Crippen molar-refractivity contribution in [2.45, 2.75) is 23.6 Å². The third-order valence-corrected chi connectivity index (χ3v) is 3.15. The van der Waals surface area contributed by atoms with Crippen molar-refractivity contribution in [3.63, 3.8) is 0 Å². The summed E-state index contributed by atoms with van der Waals surface area (Å²) >= 11 is 5.82. The molecule has 78 valence electrons.